The number of nitrogens with two attached hydrogens (primary N) is 1. The van der Waals surface area contributed by atoms with Crippen LogP contribution in [0.1, 0.15) is 19.4 Å². The number of aliphatic hydroxyl groups is 1. The van der Waals surface area contributed by atoms with Crippen LogP contribution in [0.2, 0.25) is 0 Å². The fraction of sp³-hybridized carbons (Fsp3) is 0.500. The van der Waals surface area contributed by atoms with Crippen LogP contribution in [-0.4, -0.2) is 115 Å². The third-order valence-electron chi connectivity index (χ3n) is 10.9. The number of hydrogen-bond donors (Lipinski definition) is 3. The molecule has 4 fully saturated rings. The van der Waals surface area contributed by atoms with Crippen LogP contribution in [0.25, 0.3) is 10.8 Å². The van der Waals surface area contributed by atoms with E-state index in [1.807, 2.05) is 18.2 Å². The maximum Gasteiger partial charge on any atom is 0.352 e. The summed E-state index contributed by atoms with van der Waals surface area (Å²) in [7, 11) is -4.00. The van der Waals surface area contributed by atoms with Gasteiger partial charge in [0.05, 0.1) is 35.2 Å². The Morgan fingerprint density at radius 3 is 2.24 bits per heavy atom. The van der Waals surface area contributed by atoms with Gasteiger partial charge in [-0.2, -0.15) is 0 Å². The van der Waals surface area contributed by atoms with Gasteiger partial charge in [-0.25, -0.2) is 13.2 Å². The van der Waals surface area contributed by atoms with Gasteiger partial charge in [-0.3, -0.25) is 13.9 Å². The molecular weight excluding hydrogens is 645 g/mol. The zero-order valence-corrected chi connectivity index (χ0v) is 27.4. The van der Waals surface area contributed by atoms with E-state index in [9.17, 15) is 33.0 Å². The molecule has 244 valence electrons. The van der Waals surface area contributed by atoms with E-state index in [0.29, 0.717) is 23.2 Å². The van der Waals surface area contributed by atoms with Crippen molar-refractivity contribution in [3.8, 4) is 0 Å². The number of halogens is 2. The molecule has 6 aliphatic heterocycles. The van der Waals surface area contributed by atoms with Crippen LogP contribution in [0.3, 0.4) is 0 Å². The number of hydrogen-bond acceptors (Lipinski definition) is 6. The van der Waals surface area contributed by atoms with E-state index in [-0.39, 0.29) is 47.9 Å². The number of carbonyl (C=O) groups is 3. The fourth-order valence-electron chi connectivity index (χ4n) is 8.51. The first kappa shape index (κ1) is 33.4. The van der Waals surface area contributed by atoms with Crippen molar-refractivity contribution in [3.05, 3.63) is 47.2 Å². The largest absolute Gasteiger partial charge is 1.00 e. The zero-order chi connectivity index (χ0) is 30.6. The van der Waals surface area contributed by atoms with Crippen LogP contribution in [0.5, 0.6) is 0 Å². The molecule has 0 unspecified atom stereocenters. The number of sulfonamides is 1. The average Bonchev–Trinajstić information content (AvgIpc) is 3.32. The smallest absolute Gasteiger partial charge is 0.352 e. The van der Waals surface area contributed by atoms with Crippen molar-refractivity contribution in [2.24, 2.45) is 17.6 Å². The maximum atomic E-state index is 14.0. The van der Waals surface area contributed by atoms with Gasteiger partial charge >= 0.3 is 5.97 Å². The molecule has 4 saturated heterocycles. The number of nitrogens with zero attached hydrogens (tertiary/aromatic N) is 4. The van der Waals surface area contributed by atoms with E-state index in [2.05, 4.69) is 0 Å². The Morgan fingerprint density at radius 2 is 1.67 bits per heavy atom. The molecule has 2 aromatic carbocycles. The number of benzene rings is 2. The SMILES string of the molecule is C[C@@H](O)[C@H]1C(=O)N2C(C(=O)O)=C(CN3c4cccc5c(C[N+]67CC[N+](CC(N)=O)(CC6)CC7)ccc(c45)S3(=O)=O)[C@H](C)[C@H]12.[Cl-].[Cl-]. The summed E-state index contributed by atoms with van der Waals surface area (Å²) in [5, 5.41) is 21.8. The van der Waals surface area contributed by atoms with Crippen molar-refractivity contribution in [2.75, 3.05) is 56.7 Å². The van der Waals surface area contributed by atoms with Crippen molar-refractivity contribution < 1.29 is 66.8 Å². The van der Waals surface area contributed by atoms with E-state index in [1.54, 1.807) is 19.1 Å². The second-order valence-electron chi connectivity index (χ2n) is 13.2. The third kappa shape index (κ3) is 4.73. The first-order chi connectivity index (χ1) is 20.3. The molecule has 2 aromatic rings. The molecule has 12 nitrogen and oxygen atoms in total. The zero-order valence-electron chi connectivity index (χ0n) is 25.0. The van der Waals surface area contributed by atoms with E-state index < -0.39 is 45.9 Å². The lowest BCUT2D eigenvalue weighted by atomic mass is 9.78. The third-order valence-corrected chi connectivity index (χ3v) is 12.7. The Kier molecular flexibility index (Phi) is 8.24. The van der Waals surface area contributed by atoms with Gasteiger partial charge in [0.1, 0.15) is 51.5 Å². The molecule has 0 saturated carbocycles. The van der Waals surface area contributed by atoms with E-state index in [0.717, 1.165) is 65.7 Å². The predicted octanol–water partition coefficient (Wildman–Crippen LogP) is -5.80. The van der Waals surface area contributed by atoms with Crippen molar-refractivity contribution in [1.29, 1.82) is 0 Å². The van der Waals surface area contributed by atoms with Crippen molar-refractivity contribution >= 4 is 44.3 Å². The number of carboxylic acids is 1. The molecular formula is C30H37Cl2N5O7S. The highest BCUT2D eigenvalue weighted by Crippen LogP contribution is 2.50. The number of anilines is 1. The second kappa shape index (κ2) is 11.1. The summed E-state index contributed by atoms with van der Waals surface area (Å²) in [5.41, 5.74) is 7.27. The Bertz CT molecular complexity index is 1740. The molecule has 4 N–H and O–H groups in total. The number of carboxylic acid groups (broad SMARTS) is 1. The number of fused-ring (bicyclic) bond motifs is 4. The number of aliphatic hydroxyl groups excluding tert-OH is 1. The van der Waals surface area contributed by atoms with Crippen LogP contribution in [0, 0.1) is 11.8 Å². The minimum atomic E-state index is -4.00. The Labute approximate surface area is 274 Å². The molecule has 4 atom stereocenters. The molecule has 2 bridgehead atoms. The molecule has 6 heterocycles. The molecule has 0 aromatic heterocycles. The quantitative estimate of drug-likeness (QED) is 0.185. The Balaban J connectivity index is 0.00000200. The van der Waals surface area contributed by atoms with Crippen LogP contribution in [-0.2, 0) is 31.0 Å². The van der Waals surface area contributed by atoms with Crippen molar-refractivity contribution in [1.82, 2.24) is 4.90 Å². The second-order valence-corrected chi connectivity index (χ2v) is 15.0. The normalized spacial score (nSPS) is 31.3. The molecule has 8 rings (SSSR count). The molecule has 45 heavy (non-hydrogen) atoms. The number of rotatable bonds is 8. The summed E-state index contributed by atoms with van der Waals surface area (Å²) >= 11 is 0. The summed E-state index contributed by atoms with van der Waals surface area (Å²) in [5.74, 6) is -3.17. The minimum absolute atomic E-state index is 0. The van der Waals surface area contributed by atoms with Gasteiger partial charge in [0.15, 0.2) is 6.54 Å². The summed E-state index contributed by atoms with van der Waals surface area (Å²) in [6.45, 7) is 9.69. The van der Waals surface area contributed by atoms with Crippen LogP contribution in [0.15, 0.2) is 46.5 Å². The summed E-state index contributed by atoms with van der Waals surface area (Å²) in [4.78, 5) is 38.3. The molecule has 6 aliphatic rings. The summed E-state index contributed by atoms with van der Waals surface area (Å²) in [6, 6.07) is 8.60. The number of carbonyl (C=O) groups excluding carboxylic acids is 2. The first-order valence-corrected chi connectivity index (χ1v) is 16.3. The molecule has 15 heteroatoms. The molecule has 0 radical (unpaired) electrons. The maximum absolute atomic E-state index is 14.0. The van der Waals surface area contributed by atoms with Gasteiger partial charge in [0.25, 0.3) is 15.9 Å². The Hall–Kier alpha value is -2.94. The number of aliphatic carboxylic acids is 1. The summed E-state index contributed by atoms with van der Waals surface area (Å²) in [6.07, 6.45) is -0.942. The number of β-lactam (4-membered cyclic amide) rings is 1. The number of piperazine rings is 3. The monoisotopic (exact) mass is 681 g/mol. The highest BCUT2D eigenvalue weighted by atomic mass is 35.5. The number of primary amides is 1. The molecule has 2 amide bonds. The highest BCUT2D eigenvalue weighted by Gasteiger charge is 2.60. The standard InChI is InChI=1S/C30H35N5O7S.2ClH/c1-17-21(28(30(39)40)33-27(17)25(18(2)36)29(33)38)14-32-22-5-3-4-20-19(6-7-23(26(20)22)43(32,41)42)15-34-8-11-35(12-9-34,13-10-34)16-24(31)37;;/h3-7,17-18,25,27,36H,8-16H2,1-2H3,(H-2,31,37,39,40);2*1H/t17-,18+,25+,27+,34?,35?;;/m0../s1. The predicted molar refractivity (Wildman–Crippen MR) is 156 cm³/mol. The minimum Gasteiger partial charge on any atom is -1.00 e. The van der Waals surface area contributed by atoms with E-state index in [1.165, 1.54) is 16.1 Å². The summed E-state index contributed by atoms with van der Waals surface area (Å²) < 4.78 is 30.9. The van der Waals surface area contributed by atoms with Gasteiger partial charge < -0.3 is 54.6 Å². The first-order valence-electron chi connectivity index (χ1n) is 14.8. The van der Waals surface area contributed by atoms with Crippen LogP contribution >= 0.6 is 0 Å². The highest BCUT2D eigenvalue weighted by molar-refractivity contribution is 7.93. The fourth-order valence-corrected chi connectivity index (χ4v) is 10.2. The number of amides is 2. The van der Waals surface area contributed by atoms with Crippen molar-refractivity contribution in [3.63, 3.8) is 0 Å². The lowest BCUT2D eigenvalue weighted by molar-refractivity contribution is -1.08. The van der Waals surface area contributed by atoms with Crippen molar-refractivity contribution in [2.45, 2.75) is 37.4 Å². The Morgan fingerprint density at radius 1 is 1.04 bits per heavy atom. The van der Waals surface area contributed by atoms with Gasteiger partial charge in [-0.15, -0.1) is 0 Å². The van der Waals surface area contributed by atoms with Crippen LogP contribution in [0.4, 0.5) is 5.69 Å². The van der Waals surface area contributed by atoms with Crippen LogP contribution < -0.4 is 34.9 Å². The van der Waals surface area contributed by atoms with Gasteiger partial charge in [0.2, 0.25) is 5.91 Å². The van der Waals surface area contributed by atoms with Gasteiger partial charge in [0, 0.05) is 16.9 Å². The van der Waals surface area contributed by atoms with E-state index in [4.69, 9.17) is 5.73 Å². The topological polar surface area (TPSA) is 158 Å². The van der Waals surface area contributed by atoms with Gasteiger partial charge in [-0.1, -0.05) is 25.1 Å². The average molecular weight is 683 g/mol. The molecule has 0 spiro atoms. The lowest BCUT2D eigenvalue weighted by Gasteiger charge is -2.55. The molecule has 0 aliphatic carbocycles. The number of quaternary nitrogens is 2. The lowest BCUT2D eigenvalue weighted by Crippen LogP contribution is -3.00. The van der Waals surface area contributed by atoms with Gasteiger partial charge in [-0.05, 0) is 30.0 Å². The van der Waals surface area contributed by atoms with E-state index >= 15 is 0 Å².